The fraction of sp³-hybridized carbons (Fsp3) is 0.714. The zero-order valence-electron chi connectivity index (χ0n) is 20.1. The van der Waals surface area contributed by atoms with Crippen molar-refractivity contribution < 1.29 is 19.4 Å². The molecule has 0 radical (unpaired) electrons. The molecule has 1 aromatic carbocycles. The zero-order chi connectivity index (χ0) is 22.9. The molecule has 2 fully saturated rings. The van der Waals surface area contributed by atoms with Crippen LogP contribution in [-0.2, 0) is 16.0 Å². The van der Waals surface area contributed by atoms with Gasteiger partial charge >= 0.3 is 5.97 Å². The second-order valence-electron chi connectivity index (χ2n) is 10.7. The third kappa shape index (κ3) is 4.22. The average molecular weight is 441 g/mol. The number of aromatic hydroxyl groups is 1. The van der Waals surface area contributed by atoms with Crippen molar-refractivity contribution in [1.29, 1.82) is 0 Å². The first-order valence-electron chi connectivity index (χ1n) is 13.0. The van der Waals surface area contributed by atoms with E-state index in [2.05, 4.69) is 20.8 Å². The summed E-state index contributed by atoms with van der Waals surface area (Å²) in [6.45, 7) is 6.54. The van der Waals surface area contributed by atoms with Crippen LogP contribution in [0.5, 0.6) is 5.75 Å². The lowest BCUT2D eigenvalue weighted by molar-refractivity contribution is -0.157. The molecule has 4 heteroatoms. The number of unbranched alkanes of at least 4 members (excludes halogenated alkanes) is 2. The molecule has 4 rings (SSSR count). The number of ether oxygens (including phenoxy) is 1. The summed E-state index contributed by atoms with van der Waals surface area (Å²) in [7, 11) is 0. The van der Waals surface area contributed by atoms with Crippen molar-refractivity contribution >= 4 is 11.8 Å². The minimum absolute atomic E-state index is 0.0273. The van der Waals surface area contributed by atoms with Gasteiger partial charge in [-0.3, -0.25) is 9.59 Å². The maximum absolute atomic E-state index is 12.7. The fourth-order valence-electron chi connectivity index (χ4n) is 6.99. The Hall–Kier alpha value is -1.84. The standard InChI is InChI=1S/C28H40O4/c1-4-6-8-24(29)22-17-21-18(16-25(22)30)10-11-20-19(21)14-15-28(3)23(20)12-13-26(28)32-27(31)9-7-5-2/h16-17,19-20,23,26,30H,4-15H2,1-3H3/t19-,20+,23-,26-,28-/m0/s1. The summed E-state index contributed by atoms with van der Waals surface area (Å²) in [5.41, 5.74) is 3.10. The predicted octanol–water partition coefficient (Wildman–Crippen LogP) is 6.72. The fourth-order valence-corrected chi connectivity index (χ4v) is 6.99. The Bertz CT molecular complexity index is 859. The van der Waals surface area contributed by atoms with Crippen LogP contribution in [0.2, 0.25) is 0 Å². The number of fused-ring (bicyclic) bond motifs is 5. The third-order valence-electron chi connectivity index (χ3n) is 8.82. The number of esters is 1. The molecule has 176 valence electrons. The highest BCUT2D eigenvalue weighted by Crippen LogP contribution is 2.61. The smallest absolute Gasteiger partial charge is 0.306 e. The van der Waals surface area contributed by atoms with Gasteiger partial charge in [-0.2, -0.15) is 0 Å². The second kappa shape index (κ2) is 9.57. The van der Waals surface area contributed by atoms with Gasteiger partial charge in [0.15, 0.2) is 5.78 Å². The lowest BCUT2D eigenvalue weighted by atomic mass is 9.55. The molecule has 1 N–H and O–H groups in total. The van der Waals surface area contributed by atoms with Crippen molar-refractivity contribution in [3.05, 3.63) is 28.8 Å². The minimum atomic E-state index is -0.0273. The van der Waals surface area contributed by atoms with Crippen LogP contribution >= 0.6 is 0 Å². The van der Waals surface area contributed by atoms with Crippen LogP contribution in [0, 0.1) is 17.3 Å². The van der Waals surface area contributed by atoms with E-state index in [9.17, 15) is 14.7 Å². The van der Waals surface area contributed by atoms with Gasteiger partial charge in [-0.25, -0.2) is 0 Å². The Morgan fingerprint density at radius 1 is 1.06 bits per heavy atom. The highest BCUT2D eigenvalue weighted by atomic mass is 16.5. The van der Waals surface area contributed by atoms with Gasteiger partial charge in [-0.1, -0.05) is 33.6 Å². The van der Waals surface area contributed by atoms with Crippen LogP contribution in [-0.4, -0.2) is 23.0 Å². The number of hydrogen-bond donors (Lipinski definition) is 1. The number of phenolic OH excluding ortho intramolecular Hbond substituents is 1. The van der Waals surface area contributed by atoms with E-state index in [-0.39, 0.29) is 29.0 Å². The first kappa shape index (κ1) is 23.3. The van der Waals surface area contributed by atoms with Crippen LogP contribution in [0.4, 0.5) is 0 Å². The van der Waals surface area contributed by atoms with E-state index in [0.717, 1.165) is 64.2 Å². The zero-order valence-corrected chi connectivity index (χ0v) is 20.1. The van der Waals surface area contributed by atoms with E-state index >= 15 is 0 Å². The average Bonchev–Trinajstić information content (AvgIpc) is 3.11. The monoisotopic (exact) mass is 440 g/mol. The molecule has 0 amide bonds. The van der Waals surface area contributed by atoms with Gasteiger partial charge in [0.2, 0.25) is 0 Å². The molecule has 0 aliphatic heterocycles. The molecule has 0 unspecified atom stereocenters. The Balaban J connectivity index is 1.54. The number of aryl methyl sites for hydroxylation is 1. The molecule has 3 aliphatic rings. The first-order chi connectivity index (χ1) is 15.4. The van der Waals surface area contributed by atoms with E-state index < -0.39 is 0 Å². The molecule has 0 bridgehead atoms. The largest absolute Gasteiger partial charge is 0.507 e. The number of hydrogen-bond acceptors (Lipinski definition) is 4. The molecular formula is C28H40O4. The summed E-state index contributed by atoms with van der Waals surface area (Å²) in [5.74, 6) is 1.78. The number of phenols is 1. The molecule has 0 aromatic heterocycles. The summed E-state index contributed by atoms with van der Waals surface area (Å²) < 4.78 is 6.02. The van der Waals surface area contributed by atoms with Crippen molar-refractivity contribution in [3.63, 3.8) is 0 Å². The van der Waals surface area contributed by atoms with Gasteiger partial charge in [-0.05, 0) is 92.4 Å². The number of benzene rings is 1. The minimum Gasteiger partial charge on any atom is -0.507 e. The Labute approximate surface area is 193 Å². The van der Waals surface area contributed by atoms with E-state index in [1.807, 2.05) is 12.1 Å². The number of ketones is 1. The normalized spacial score (nSPS) is 30.8. The molecular weight excluding hydrogens is 400 g/mol. The highest BCUT2D eigenvalue weighted by Gasteiger charge is 2.56. The third-order valence-corrected chi connectivity index (χ3v) is 8.82. The van der Waals surface area contributed by atoms with Gasteiger partial charge in [0.05, 0.1) is 5.56 Å². The first-order valence-corrected chi connectivity index (χ1v) is 13.0. The van der Waals surface area contributed by atoms with Crippen LogP contribution in [0.3, 0.4) is 0 Å². The molecule has 3 aliphatic carbocycles. The van der Waals surface area contributed by atoms with Crippen LogP contribution < -0.4 is 0 Å². The van der Waals surface area contributed by atoms with E-state index in [0.29, 0.717) is 36.2 Å². The van der Waals surface area contributed by atoms with Crippen molar-refractivity contribution in [2.45, 2.75) is 110 Å². The molecule has 1 aromatic rings. The van der Waals surface area contributed by atoms with Crippen LogP contribution in [0.25, 0.3) is 0 Å². The van der Waals surface area contributed by atoms with Gasteiger partial charge in [0.25, 0.3) is 0 Å². The molecule has 4 nitrogen and oxygen atoms in total. The topological polar surface area (TPSA) is 63.6 Å². The predicted molar refractivity (Wildman–Crippen MR) is 126 cm³/mol. The maximum atomic E-state index is 12.7. The Morgan fingerprint density at radius 2 is 1.81 bits per heavy atom. The lowest BCUT2D eigenvalue weighted by Gasteiger charge is -2.50. The molecule has 5 atom stereocenters. The van der Waals surface area contributed by atoms with Gasteiger partial charge in [0, 0.05) is 18.3 Å². The van der Waals surface area contributed by atoms with Crippen LogP contribution in [0.15, 0.2) is 12.1 Å². The molecule has 0 spiro atoms. The number of carbonyl (C=O) groups is 2. The molecule has 32 heavy (non-hydrogen) atoms. The molecule has 2 saturated carbocycles. The highest BCUT2D eigenvalue weighted by molar-refractivity contribution is 5.99. The SMILES string of the molecule is CCCCC(=O)O[C@H]1CC[C@H]2[C@@H]3CCc4cc(O)c(C(=O)CCCC)cc4[C@H]3CC[C@]12C. The molecule has 0 heterocycles. The van der Waals surface area contributed by atoms with E-state index in [1.54, 1.807) is 0 Å². The van der Waals surface area contributed by atoms with E-state index in [4.69, 9.17) is 4.74 Å². The van der Waals surface area contributed by atoms with Crippen molar-refractivity contribution in [3.8, 4) is 5.75 Å². The van der Waals surface area contributed by atoms with Gasteiger partial charge < -0.3 is 9.84 Å². The van der Waals surface area contributed by atoms with E-state index in [1.165, 1.54) is 11.1 Å². The lowest BCUT2D eigenvalue weighted by Crippen LogP contribution is -2.45. The number of carbonyl (C=O) groups excluding carboxylic acids is 2. The summed E-state index contributed by atoms with van der Waals surface area (Å²) in [6, 6.07) is 3.89. The second-order valence-corrected chi connectivity index (χ2v) is 10.7. The van der Waals surface area contributed by atoms with Crippen molar-refractivity contribution in [2.24, 2.45) is 17.3 Å². The summed E-state index contributed by atoms with van der Waals surface area (Å²) >= 11 is 0. The molecule has 0 saturated heterocycles. The van der Waals surface area contributed by atoms with Crippen molar-refractivity contribution in [2.75, 3.05) is 0 Å². The maximum Gasteiger partial charge on any atom is 0.306 e. The number of Topliss-reactive ketones (excluding diaryl/α,β-unsaturated/α-hetero) is 1. The Morgan fingerprint density at radius 3 is 2.56 bits per heavy atom. The summed E-state index contributed by atoms with van der Waals surface area (Å²) in [5, 5.41) is 10.5. The Kier molecular flexibility index (Phi) is 6.97. The van der Waals surface area contributed by atoms with Crippen LogP contribution in [0.1, 0.15) is 119 Å². The van der Waals surface area contributed by atoms with Gasteiger partial charge in [0.1, 0.15) is 11.9 Å². The van der Waals surface area contributed by atoms with Crippen molar-refractivity contribution in [1.82, 2.24) is 0 Å². The van der Waals surface area contributed by atoms with Gasteiger partial charge in [-0.15, -0.1) is 0 Å². The summed E-state index contributed by atoms with van der Waals surface area (Å²) in [4.78, 5) is 25.1. The number of rotatable bonds is 8. The summed E-state index contributed by atoms with van der Waals surface area (Å²) in [6.07, 6.45) is 11.2. The quantitative estimate of drug-likeness (QED) is 0.360.